The van der Waals surface area contributed by atoms with Crippen LogP contribution in [0.25, 0.3) is 0 Å². The van der Waals surface area contributed by atoms with Gasteiger partial charge in [-0.25, -0.2) is 8.42 Å². The van der Waals surface area contributed by atoms with Gasteiger partial charge >= 0.3 is 0 Å². The Morgan fingerprint density at radius 1 is 1.00 bits per heavy atom. The van der Waals surface area contributed by atoms with E-state index in [1.54, 1.807) is 30.7 Å². The predicted octanol–water partition coefficient (Wildman–Crippen LogP) is 3.66. The van der Waals surface area contributed by atoms with Crippen LogP contribution in [0.3, 0.4) is 0 Å². The van der Waals surface area contributed by atoms with E-state index in [2.05, 4.69) is 36.9 Å². The Morgan fingerprint density at radius 3 is 2.49 bits per heavy atom. The number of ether oxygens (including phenoxy) is 1. The van der Waals surface area contributed by atoms with Crippen molar-refractivity contribution in [3.8, 4) is 5.75 Å². The van der Waals surface area contributed by atoms with E-state index < -0.39 is 15.9 Å². The Balaban J connectivity index is 1.35. The van der Waals surface area contributed by atoms with E-state index in [1.165, 1.54) is 34.3 Å². The largest absolute Gasteiger partial charge is 0.497 e. The highest BCUT2D eigenvalue weighted by atomic mass is 32.2. The number of hydrogen-bond donors (Lipinski definition) is 0. The molecule has 2 aliphatic heterocycles. The first-order valence-corrected chi connectivity index (χ1v) is 14.0. The fourth-order valence-corrected chi connectivity index (χ4v) is 6.94. The minimum Gasteiger partial charge on any atom is -0.497 e. The van der Waals surface area contributed by atoms with Crippen LogP contribution in [-0.2, 0) is 14.8 Å². The summed E-state index contributed by atoms with van der Waals surface area (Å²) in [5, 5.41) is 0. The van der Waals surface area contributed by atoms with E-state index in [4.69, 9.17) is 9.15 Å². The minimum atomic E-state index is -3.80. The number of rotatable bonds is 6. The van der Waals surface area contributed by atoms with Gasteiger partial charge in [-0.1, -0.05) is 18.2 Å². The smallest absolute Gasteiger partial charge is 0.243 e. The summed E-state index contributed by atoms with van der Waals surface area (Å²) in [6, 6.07) is 14.7. The van der Waals surface area contributed by atoms with Crippen molar-refractivity contribution in [3.63, 3.8) is 0 Å². The molecule has 0 bridgehead atoms. The third kappa shape index (κ3) is 4.98. The van der Waals surface area contributed by atoms with Crippen molar-refractivity contribution in [2.24, 2.45) is 5.92 Å². The van der Waals surface area contributed by atoms with Crippen LogP contribution in [-0.4, -0.2) is 69.9 Å². The average molecular weight is 524 g/mol. The normalized spacial score (nSPS) is 20.8. The van der Waals surface area contributed by atoms with Gasteiger partial charge in [0.15, 0.2) is 0 Å². The Morgan fingerprint density at radius 2 is 1.78 bits per heavy atom. The van der Waals surface area contributed by atoms with Crippen LogP contribution >= 0.6 is 0 Å². The number of carbonyl (C=O) groups is 1. The molecule has 2 aromatic carbocycles. The fraction of sp³-hybridized carbons (Fsp3) is 0.393. The molecule has 37 heavy (non-hydrogen) atoms. The highest BCUT2D eigenvalue weighted by Gasteiger charge is 2.45. The molecule has 196 valence electrons. The van der Waals surface area contributed by atoms with Gasteiger partial charge in [0.2, 0.25) is 15.9 Å². The lowest BCUT2D eigenvalue weighted by Gasteiger charge is -2.38. The van der Waals surface area contributed by atoms with Crippen LogP contribution in [0.5, 0.6) is 5.75 Å². The lowest BCUT2D eigenvalue weighted by molar-refractivity contribution is -0.135. The number of furan rings is 1. The van der Waals surface area contributed by atoms with Gasteiger partial charge in [0, 0.05) is 56.9 Å². The average Bonchev–Trinajstić information content (AvgIpc) is 3.60. The van der Waals surface area contributed by atoms with Crippen molar-refractivity contribution in [3.05, 3.63) is 77.7 Å². The van der Waals surface area contributed by atoms with Crippen molar-refractivity contribution in [1.29, 1.82) is 0 Å². The van der Waals surface area contributed by atoms with Crippen molar-refractivity contribution in [2.45, 2.75) is 24.7 Å². The van der Waals surface area contributed by atoms with Crippen molar-refractivity contribution >= 4 is 21.6 Å². The first-order valence-electron chi connectivity index (χ1n) is 12.5. The Bertz CT molecular complexity index is 1360. The molecule has 1 aromatic heterocycles. The first-order chi connectivity index (χ1) is 17.8. The second-order valence-electron chi connectivity index (χ2n) is 9.87. The maximum atomic E-state index is 13.8. The van der Waals surface area contributed by atoms with E-state index >= 15 is 0 Å². The van der Waals surface area contributed by atoms with E-state index in [-0.39, 0.29) is 29.8 Å². The second kappa shape index (κ2) is 10.2. The molecule has 0 aliphatic carbocycles. The molecule has 0 spiro atoms. The van der Waals surface area contributed by atoms with Crippen LogP contribution in [0, 0.1) is 19.8 Å². The molecule has 2 atom stereocenters. The van der Waals surface area contributed by atoms with Crippen LogP contribution in [0.2, 0.25) is 0 Å². The molecule has 0 unspecified atom stereocenters. The molecule has 5 rings (SSSR count). The quantitative estimate of drug-likeness (QED) is 0.491. The lowest BCUT2D eigenvalue weighted by Crippen LogP contribution is -2.51. The predicted molar refractivity (Wildman–Crippen MR) is 141 cm³/mol. The van der Waals surface area contributed by atoms with Crippen molar-refractivity contribution in [2.75, 3.05) is 51.3 Å². The van der Waals surface area contributed by atoms with Gasteiger partial charge in [0.05, 0.1) is 30.4 Å². The van der Waals surface area contributed by atoms with E-state index in [9.17, 15) is 13.2 Å². The second-order valence-corrected chi connectivity index (χ2v) is 11.8. The maximum absolute atomic E-state index is 13.8. The minimum absolute atomic E-state index is 0.00448. The molecule has 0 N–H and O–H groups in total. The maximum Gasteiger partial charge on any atom is 0.243 e. The molecule has 3 aromatic rings. The summed E-state index contributed by atoms with van der Waals surface area (Å²) in [7, 11) is -2.30. The topological polar surface area (TPSA) is 83.3 Å². The van der Waals surface area contributed by atoms with Gasteiger partial charge in [-0.3, -0.25) is 4.79 Å². The molecular weight excluding hydrogens is 490 g/mol. The number of sulfonamides is 1. The fourth-order valence-electron chi connectivity index (χ4n) is 5.41. The molecule has 8 nitrogen and oxygen atoms in total. The Hall–Kier alpha value is -3.30. The summed E-state index contributed by atoms with van der Waals surface area (Å²) in [5.41, 5.74) is 4.49. The molecule has 0 saturated carbocycles. The van der Waals surface area contributed by atoms with Crippen LogP contribution in [0.1, 0.15) is 22.6 Å². The zero-order valence-electron chi connectivity index (χ0n) is 21.5. The molecule has 2 fully saturated rings. The SMILES string of the molecule is COc1cccc(S(=O)(=O)N2C[C@@H](C(=O)N3CCN(c4cc(C)ccc4C)CC3)[C@H](c3ccoc3)C2)c1. The summed E-state index contributed by atoms with van der Waals surface area (Å²) in [4.78, 5) is 18.2. The lowest BCUT2D eigenvalue weighted by atomic mass is 9.89. The van der Waals surface area contributed by atoms with Crippen LogP contribution < -0.4 is 9.64 Å². The van der Waals surface area contributed by atoms with Crippen LogP contribution in [0.15, 0.2) is 70.4 Å². The zero-order chi connectivity index (χ0) is 26.2. The molecule has 3 heterocycles. The summed E-state index contributed by atoms with van der Waals surface area (Å²) < 4.78 is 39.0. The zero-order valence-corrected chi connectivity index (χ0v) is 22.3. The molecular formula is C28H33N3O5S. The number of piperazine rings is 1. The van der Waals surface area contributed by atoms with E-state index in [0.717, 1.165) is 18.7 Å². The summed E-state index contributed by atoms with van der Waals surface area (Å²) in [6.45, 7) is 7.23. The molecule has 9 heteroatoms. The highest BCUT2D eigenvalue weighted by molar-refractivity contribution is 7.89. The van der Waals surface area contributed by atoms with Crippen LogP contribution in [0.4, 0.5) is 5.69 Å². The number of methoxy groups -OCH3 is 1. The molecule has 2 aliphatic rings. The number of benzene rings is 2. The third-order valence-electron chi connectivity index (χ3n) is 7.55. The molecule has 2 saturated heterocycles. The number of nitrogens with zero attached hydrogens (tertiary/aromatic N) is 3. The Kier molecular flexibility index (Phi) is 7.00. The number of anilines is 1. The summed E-state index contributed by atoms with van der Waals surface area (Å²) in [5.74, 6) is -0.287. The monoisotopic (exact) mass is 523 g/mol. The van der Waals surface area contributed by atoms with Gasteiger partial charge in [-0.15, -0.1) is 0 Å². The van der Waals surface area contributed by atoms with Crippen molar-refractivity contribution < 1.29 is 22.4 Å². The van der Waals surface area contributed by atoms with Crippen molar-refractivity contribution in [1.82, 2.24) is 9.21 Å². The number of amides is 1. The summed E-state index contributed by atoms with van der Waals surface area (Å²) in [6.07, 6.45) is 3.18. The Labute approximate surface area is 218 Å². The van der Waals surface area contributed by atoms with Gasteiger partial charge < -0.3 is 19.0 Å². The summed E-state index contributed by atoms with van der Waals surface area (Å²) >= 11 is 0. The first kappa shape index (κ1) is 25.4. The van der Waals surface area contributed by atoms with Gasteiger partial charge in [-0.2, -0.15) is 4.31 Å². The highest BCUT2D eigenvalue weighted by Crippen LogP contribution is 2.38. The van der Waals surface area contributed by atoms with Gasteiger partial charge in [-0.05, 0) is 54.8 Å². The van der Waals surface area contributed by atoms with Gasteiger partial charge in [0.25, 0.3) is 0 Å². The van der Waals surface area contributed by atoms with E-state index in [1.807, 2.05) is 11.0 Å². The third-order valence-corrected chi connectivity index (χ3v) is 9.38. The molecule has 0 radical (unpaired) electrons. The standard InChI is InChI=1S/C28H33N3O5S/c1-20-7-8-21(2)27(15-20)29-10-12-30(13-11-29)28(32)26-18-31(17-25(26)22-9-14-36-19-22)37(33,34)24-6-4-5-23(16-24)35-3/h4-9,14-16,19,25-26H,10-13,17-18H2,1-3H3/t25-,26+/m0/s1. The van der Waals surface area contributed by atoms with Gasteiger partial charge in [0.1, 0.15) is 5.75 Å². The number of carbonyl (C=O) groups excluding carboxylic acids is 1. The van der Waals surface area contributed by atoms with E-state index in [0.29, 0.717) is 18.8 Å². The number of hydrogen-bond acceptors (Lipinski definition) is 6. The molecule has 1 amide bonds. The number of aryl methyl sites for hydroxylation is 2.